The first-order chi connectivity index (χ1) is 10.1. The third-order valence-corrected chi connectivity index (χ3v) is 5.16. The second-order valence-corrected chi connectivity index (χ2v) is 6.71. The lowest BCUT2D eigenvalue weighted by atomic mass is 9.99. The Bertz CT molecular complexity index is 515. The van der Waals surface area contributed by atoms with Gasteiger partial charge in [-0.15, -0.1) is 0 Å². The number of carbonyl (C=O) groups is 1. The van der Waals surface area contributed by atoms with E-state index in [0.29, 0.717) is 12.0 Å². The molecule has 1 N–H and O–H groups in total. The van der Waals surface area contributed by atoms with E-state index in [1.165, 1.54) is 24.8 Å². The Morgan fingerprint density at radius 1 is 1.29 bits per heavy atom. The Morgan fingerprint density at radius 2 is 2.00 bits per heavy atom. The van der Waals surface area contributed by atoms with Gasteiger partial charge in [-0.1, -0.05) is 50.6 Å². The Hall–Kier alpha value is -1.35. The highest BCUT2D eigenvalue weighted by Crippen LogP contribution is 2.46. The predicted octanol–water partition coefficient (Wildman–Crippen LogP) is 3.47. The number of benzene rings is 1. The molecular formula is C18H26N2O. The lowest BCUT2D eigenvalue weighted by molar-refractivity contribution is -0.133. The van der Waals surface area contributed by atoms with Crippen molar-refractivity contribution < 1.29 is 4.79 Å². The molecule has 1 saturated carbocycles. The van der Waals surface area contributed by atoms with Crippen molar-refractivity contribution >= 4 is 5.91 Å². The smallest absolute Gasteiger partial charge is 0.244 e. The molecule has 1 aliphatic heterocycles. The highest BCUT2D eigenvalue weighted by Gasteiger charge is 2.55. The highest BCUT2D eigenvalue weighted by molar-refractivity contribution is 5.89. The quantitative estimate of drug-likeness (QED) is 0.899. The molecule has 3 nitrogen and oxygen atoms in total. The molecule has 1 saturated heterocycles. The minimum atomic E-state index is -0.417. The fourth-order valence-electron chi connectivity index (χ4n) is 3.56. The van der Waals surface area contributed by atoms with E-state index >= 15 is 0 Å². The molecule has 1 heterocycles. The third kappa shape index (κ3) is 2.48. The van der Waals surface area contributed by atoms with Gasteiger partial charge in [0.1, 0.15) is 6.17 Å². The normalized spacial score (nSPS) is 35.3. The number of carbonyl (C=O) groups excluding carboxylic acids is 1. The average Bonchev–Trinajstić information content (AvgIpc) is 3.20. The largest absolute Gasteiger partial charge is 0.318 e. The predicted molar refractivity (Wildman–Crippen MR) is 84.7 cm³/mol. The Labute approximate surface area is 127 Å². The van der Waals surface area contributed by atoms with Crippen LogP contribution in [0.3, 0.4) is 0 Å². The summed E-state index contributed by atoms with van der Waals surface area (Å²) in [4.78, 5) is 15.1. The summed E-state index contributed by atoms with van der Waals surface area (Å²) in [5.74, 6) is 0.980. The topological polar surface area (TPSA) is 32.3 Å². The third-order valence-electron chi connectivity index (χ3n) is 5.16. The summed E-state index contributed by atoms with van der Waals surface area (Å²) in [6, 6.07) is 10.8. The molecule has 1 aliphatic carbocycles. The molecule has 0 bridgehead atoms. The van der Waals surface area contributed by atoms with Crippen molar-refractivity contribution in [3.05, 3.63) is 35.9 Å². The van der Waals surface area contributed by atoms with Crippen molar-refractivity contribution in [3.8, 4) is 0 Å². The first kappa shape index (κ1) is 14.6. The molecule has 2 aliphatic rings. The molecule has 4 atom stereocenters. The van der Waals surface area contributed by atoms with Gasteiger partial charge < -0.3 is 4.90 Å². The molecule has 3 rings (SSSR count). The van der Waals surface area contributed by atoms with Gasteiger partial charge >= 0.3 is 0 Å². The lowest BCUT2D eigenvalue weighted by Gasteiger charge is -2.25. The number of nitrogens with one attached hydrogen (secondary N) is 1. The van der Waals surface area contributed by atoms with E-state index in [0.717, 1.165) is 6.42 Å². The monoisotopic (exact) mass is 286 g/mol. The van der Waals surface area contributed by atoms with Crippen LogP contribution in [-0.2, 0) is 4.79 Å². The van der Waals surface area contributed by atoms with Gasteiger partial charge in [-0.25, -0.2) is 0 Å². The van der Waals surface area contributed by atoms with Crippen molar-refractivity contribution in [2.24, 2.45) is 5.92 Å². The van der Waals surface area contributed by atoms with E-state index < -0.39 is 5.54 Å². The van der Waals surface area contributed by atoms with Crippen LogP contribution in [0, 0.1) is 5.92 Å². The standard InChI is InChI=1S/C18H26N2O/c1-4-9-14-12-15(14)20-16(13-10-7-6-8-11-13)19-18(3,5-2)17(20)21/h6-8,10-11,14-16,19H,4-5,9,12H2,1-3H3. The van der Waals surface area contributed by atoms with Crippen LogP contribution in [0.5, 0.6) is 0 Å². The number of rotatable bonds is 5. The molecule has 114 valence electrons. The summed E-state index contributed by atoms with van der Waals surface area (Å²) in [5, 5.41) is 3.59. The van der Waals surface area contributed by atoms with Crippen LogP contribution in [0.1, 0.15) is 58.2 Å². The van der Waals surface area contributed by atoms with E-state index in [4.69, 9.17) is 0 Å². The van der Waals surface area contributed by atoms with Crippen LogP contribution in [0.2, 0.25) is 0 Å². The Kier molecular flexibility index (Phi) is 3.78. The molecule has 0 radical (unpaired) electrons. The van der Waals surface area contributed by atoms with E-state index in [-0.39, 0.29) is 12.1 Å². The molecule has 2 fully saturated rings. The highest BCUT2D eigenvalue weighted by atomic mass is 16.2. The van der Waals surface area contributed by atoms with Crippen molar-refractivity contribution in [1.82, 2.24) is 10.2 Å². The number of amides is 1. The van der Waals surface area contributed by atoms with Gasteiger partial charge in [0.2, 0.25) is 5.91 Å². The Morgan fingerprint density at radius 3 is 2.62 bits per heavy atom. The van der Waals surface area contributed by atoms with Crippen LogP contribution in [0.25, 0.3) is 0 Å². The maximum Gasteiger partial charge on any atom is 0.244 e. The Balaban J connectivity index is 1.88. The van der Waals surface area contributed by atoms with Crippen LogP contribution in [0.15, 0.2) is 30.3 Å². The van der Waals surface area contributed by atoms with Gasteiger partial charge in [-0.05, 0) is 37.7 Å². The molecule has 0 spiro atoms. The van der Waals surface area contributed by atoms with Gasteiger partial charge in [0.25, 0.3) is 0 Å². The van der Waals surface area contributed by atoms with Gasteiger partial charge in [0.15, 0.2) is 0 Å². The van der Waals surface area contributed by atoms with E-state index in [1.54, 1.807) is 0 Å². The summed E-state index contributed by atoms with van der Waals surface area (Å²) < 4.78 is 0. The van der Waals surface area contributed by atoms with Crippen molar-refractivity contribution in [1.29, 1.82) is 0 Å². The minimum Gasteiger partial charge on any atom is -0.318 e. The fraction of sp³-hybridized carbons (Fsp3) is 0.611. The maximum absolute atomic E-state index is 12.9. The van der Waals surface area contributed by atoms with Crippen LogP contribution < -0.4 is 5.32 Å². The minimum absolute atomic E-state index is 0.0375. The van der Waals surface area contributed by atoms with Gasteiger partial charge in [-0.3, -0.25) is 10.1 Å². The zero-order chi connectivity index (χ0) is 15.0. The van der Waals surface area contributed by atoms with Crippen molar-refractivity contribution in [3.63, 3.8) is 0 Å². The first-order valence-electron chi connectivity index (χ1n) is 8.26. The number of nitrogens with zero attached hydrogens (tertiary/aromatic N) is 1. The van der Waals surface area contributed by atoms with E-state index in [9.17, 15) is 4.79 Å². The average molecular weight is 286 g/mol. The number of hydrogen-bond acceptors (Lipinski definition) is 2. The van der Waals surface area contributed by atoms with E-state index in [2.05, 4.69) is 48.3 Å². The van der Waals surface area contributed by atoms with Crippen LogP contribution >= 0.6 is 0 Å². The molecule has 1 aromatic carbocycles. The maximum atomic E-state index is 12.9. The zero-order valence-corrected chi connectivity index (χ0v) is 13.3. The zero-order valence-electron chi connectivity index (χ0n) is 13.3. The SMILES string of the molecule is CCCC1CC1N1C(=O)C(C)(CC)NC1c1ccccc1. The summed E-state index contributed by atoms with van der Waals surface area (Å²) in [7, 11) is 0. The van der Waals surface area contributed by atoms with Gasteiger partial charge in [0.05, 0.1) is 5.54 Å². The van der Waals surface area contributed by atoms with Crippen molar-refractivity contribution in [2.45, 2.75) is 64.2 Å². The number of hydrogen-bond donors (Lipinski definition) is 1. The second-order valence-electron chi connectivity index (χ2n) is 6.71. The molecule has 21 heavy (non-hydrogen) atoms. The molecule has 0 aromatic heterocycles. The second kappa shape index (κ2) is 5.45. The summed E-state index contributed by atoms with van der Waals surface area (Å²) in [5.41, 5.74) is 0.782. The molecule has 3 heteroatoms. The van der Waals surface area contributed by atoms with Crippen LogP contribution in [0.4, 0.5) is 0 Å². The van der Waals surface area contributed by atoms with E-state index in [1.807, 2.05) is 13.0 Å². The van der Waals surface area contributed by atoms with Gasteiger partial charge in [0, 0.05) is 6.04 Å². The molecule has 1 aromatic rings. The summed E-state index contributed by atoms with van der Waals surface area (Å²) in [6.45, 7) is 6.36. The first-order valence-corrected chi connectivity index (χ1v) is 8.26. The fourth-order valence-corrected chi connectivity index (χ4v) is 3.56. The van der Waals surface area contributed by atoms with Crippen molar-refractivity contribution in [2.75, 3.05) is 0 Å². The summed E-state index contributed by atoms with van der Waals surface area (Å²) in [6.07, 6.45) is 4.48. The van der Waals surface area contributed by atoms with Crippen LogP contribution in [-0.4, -0.2) is 22.4 Å². The van der Waals surface area contributed by atoms with Gasteiger partial charge in [-0.2, -0.15) is 0 Å². The molecule has 4 unspecified atom stereocenters. The summed E-state index contributed by atoms with van der Waals surface area (Å²) >= 11 is 0. The molecular weight excluding hydrogens is 260 g/mol. The lowest BCUT2D eigenvalue weighted by Crippen LogP contribution is -2.43. The molecule has 1 amide bonds.